The Bertz CT molecular complexity index is 544. The van der Waals surface area contributed by atoms with Crippen LogP contribution in [0.3, 0.4) is 0 Å². The predicted molar refractivity (Wildman–Crippen MR) is 86.6 cm³/mol. The molecule has 0 saturated carbocycles. The van der Waals surface area contributed by atoms with Gasteiger partial charge in [0.2, 0.25) is 0 Å². The van der Waals surface area contributed by atoms with Crippen LogP contribution in [0.25, 0.3) is 0 Å². The van der Waals surface area contributed by atoms with Crippen molar-refractivity contribution in [2.24, 2.45) is 0 Å². The molecule has 2 aromatic rings. The summed E-state index contributed by atoms with van der Waals surface area (Å²) in [6, 6.07) is 7.52. The zero-order chi connectivity index (χ0) is 13.1. The van der Waals surface area contributed by atoms with Crippen LogP contribution in [0.1, 0.15) is 17.2 Å². The number of thiophene rings is 1. The molecule has 1 heterocycles. The quantitative estimate of drug-likeness (QED) is 0.677. The molecule has 0 bridgehead atoms. The number of nitrogens with one attached hydrogen (secondary N) is 1. The van der Waals surface area contributed by atoms with Gasteiger partial charge in [-0.1, -0.05) is 22.0 Å². The van der Waals surface area contributed by atoms with Gasteiger partial charge >= 0.3 is 0 Å². The van der Waals surface area contributed by atoms with E-state index < -0.39 is 0 Å². The standard InChI is InChI=1S/C13H12BrFINS/c1-17-12(9-5-13(16)18-7-9)4-8-2-3-10(14)6-11(8)15/h2-3,5-7,12,17H,4H2,1H3. The van der Waals surface area contributed by atoms with E-state index in [0.717, 1.165) is 10.0 Å². The molecule has 0 spiro atoms. The van der Waals surface area contributed by atoms with Crippen molar-refractivity contribution in [3.05, 3.63) is 53.9 Å². The van der Waals surface area contributed by atoms with Crippen LogP contribution in [0.5, 0.6) is 0 Å². The number of hydrogen-bond acceptors (Lipinski definition) is 2. The van der Waals surface area contributed by atoms with Gasteiger partial charge in [-0.15, -0.1) is 11.3 Å². The van der Waals surface area contributed by atoms with Gasteiger partial charge in [0.25, 0.3) is 0 Å². The SMILES string of the molecule is CNC(Cc1ccc(Br)cc1F)c1csc(I)c1. The Labute approximate surface area is 132 Å². The third kappa shape index (κ3) is 3.53. The first-order valence-electron chi connectivity index (χ1n) is 5.45. The highest BCUT2D eigenvalue weighted by Gasteiger charge is 2.14. The molecule has 0 aliphatic rings. The molecular weight excluding hydrogens is 428 g/mol. The van der Waals surface area contributed by atoms with E-state index in [9.17, 15) is 4.39 Å². The second kappa shape index (κ2) is 6.45. The van der Waals surface area contributed by atoms with Crippen LogP contribution in [0, 0.1) is 8.70 Å². The Balaban J connectivity index is 2.20. The monoisotopic (exact) mass is 439 g/mol. The van der Waals surface area contributed by atoms with Gasteiger partial charge in [-0.3, -0.25) is 0 Å². The normalized spacial score (nSPS) is 12.7. The van der Waals surface area contributed by atoms with E-state index in [1.54, 1.807) is 11.3 Å². The van der Waals surface area contributed by atoms with E-state index in [4.69, 9.17) is 0 Å². The average molecular weight is 440 g/mol. The van der Waals surface area contributed by atoms with Gasteiger partial charge in [0, 0.05) is 10.5 Å². The van der Waals surface area contributed by atoms with Crippen molar-refractivity contribution in [3.8, 4) is 0 Å². The fraction of sp³-hybridized carbons (Fsp3) is 0.231. The molecule has 0 amide bonds. The maximum absolute atomic E-state index is 13.8. The first-order valence-corrected chi connectivity index (χ1v) is 8.20. The Morgan fingerprint density at radius 2 is 2.22 bits per heavy atom. The van der Waals surface area contributed by atoms with E-state index in [1.165, 1.54) is 14.5 Å². The Morgan fingerprint density at radius 3 is 2.78 bits per heavy atom. The fourth-order valence-electron chi connectivity index (χ4n) is 1.80. The van der Waals surface area contributed by atoms with Gasteiger partial charge in [0.05, 0.1) is 2.88 Å². The summed E-state index contributed by atoms with van der Waals surface area (Å²) in [7, 11) is 1.91. The number of halogens is 3. The van der Waals surface area contributed by atoms with E-state index in [2.05, 4.69) is 55.3 Å². The highest BCUT2D eigenvalue weighted by Crippen LogP contribution is 2.26. The summed E-state index contributed by atoms with van der Waals surface area (Å²) in [6.45, 7) is 0. The van der Waals surface area contributed by atoms with Crippen molar-refractivity contribution in [3.63, 3.8) is 0 Å². The van der Waals surface area contributed by atoms with E-state index in [-0.39, 0.29) is 11.9 Å². The predicted octanol–water partition coefficient (Wildman–Crippen LogP) is 4.76. The molecule has 0 radical (unpaired) electrons. The lowest BCUT2D eigenvalue weighted by Gasteiger charge is -2.15. The largest absolute Gasteiger partial charge is 0.313 e. The summed E-state index contributed by atoms with van der Waals surface area (Å²) in [5.74, 6) is -0.158. The summed E-state index contributed by atoms with van der Waals surface area (Å²) in [5.41, 5.74) is 1.95. The second-order valence-electron chi connectivity index (χ2n) is 3.97. The van der Waals surface area contributed by atoms with E-state index >= 15 is 0 Å². The van der Waals surface area contributed by atoms with Gasteiger partial charge in [-0.05, 0) is 70.8 Å². The summed E-state index contributed by atoms with van der Waals surface area (Å²) >= 11 is 7.29. The molecule has 1 N–H and O–H groups in total. The van der Waals surface area contributed by atoms with Gasteiger partial charge in [0.1, 0.15) is 5.82 Å². The summed E-state index contributed by atoms with van der Waals surface area (Å²) in [5, 5.41) is 5.37. The lowest BCUT2D eigenvalue weighted by atomic mass is 10.0. The van der Waals surface area contributed by atoms with Crippen molar-refractivity contribution >= 4 is 49.9 Å². The summed E-state index contributed by atoms with van der Waals surface area (Å²) in [6.07, 6.45) is 0.655. The van der Waals surface area contributed by atoms with Crippen LogP contribution in [0.4, 0.5) is 4.39 Å². The lowest BCUT2D eigenvalue weighted by molar-refractivity contribution is 0.555. The first-order chi connectivity index (χ1) is 8.60. The minimum atomic E-state index is -0.158. The molecule has 1 aromatic carbocycles. The maximum Gasteiger partial charge on any atom is 0.127 e. The van der Waals surface area contributed by atoms with Gasteiger partial charge in [0.15, 0.2) is 0 Å². The molecule has 1 unspecified atom stereocenters. The van der Waals surface area contributed by atoms with E-state index in [0.29, 0.717) is 6.42 Å². The molecule has 1 atom stereocenters. The van der Waals surface area contributed by atoms with Crippen molar-refractivity contribution in [1.82, 2.24) is 5.32 Å². The molecule has 1 nitrogen and oxygen atoms in total. The molecule has 0 fully saturated rings. The minimum Gasteiger partial charge on any atom is -0.313 e. The third-order valence-corrected chi connectivity index (χ3v) is 5.08. The van der Waals surface area contributed by atoms with E-state index in [1.807, 2.05) is 19.2 Å². The molecule has 2 rings (SSSR count). The number of rotatable bonds is 4. The minimum absolute atomic E-state index is 0.153. The van der Waals surface area contributed by atoms with Gasteiger partial charge in [-0.2, -0.15) is 0 Å². The van der Waals surface area contributed by atoms with Crippen LogP contribution in [-0.4, -0.2) is 7.05 Å². The molecule has 5 heteroatoms. The van der Waals surface area contributed by atoms with Crippen molar-refractivity contribution in [2.75, 3.05) is 7.05 Å². The number of benzene rings is 1. The van der Waals surface area contributed by atoms with Crippen LogP contribution >= 0.6 is 49.9 Å². The highest BCUT2D eigenvalue weighted by atomic mass is 127. The van der Waals surface area contributed by atoms with Gasteiger partial charge < -0.3 is 5.32 Å². The maximum atomic E-state index is 13.8. The zero-order valence-electron chi connectivity index (χ0n) is 9.71. The molecule has 1 aromatic heterocycles. The summed E-state index contributed by atoms with van der Waals surface area (Å²) in [4.78, 5) is 0. The van der Waals surface area contributed by atoms with Crippen LogP contribution < -0.4 is 5.32 Å². The fourth-order valence-corrected chi connectivity index (χ4v) is 3.56. The lowest BCUT2D eigenvalue weighted by Crippen LogP contribution is -2.18. The number of hydrogen-bond donors (Lipinski definition) is 1. The molecule has 96 valence electrons. The zero-order valence-corrected chi connectivity index (χ0v) is 14.3. The van der Waals surface area contributed by atoms with Crippen LogP contribution in [-0.2, 0) is 6.42 Å². The smallest absolute Gasteiger partial charge is 0.127 e. The average Bonchev–Trinajstić information content (AvgIpc) is 2.75. The topological polar surface area (TPSA) is 12.0 Å². The van der Waals surface area contributed by atoms with Gasteiger partial charge in [-0.25, -0.2) is 4.39 Å². The van der Waals surface area contributed by atoms with Crippen molar-refractivity contribution in [2.45, 2.75) is 12.5 Å². The Morgan fingerprint density at radius 1 is 1.44 bits per heavy atom. The summed E-state index contributed by atoms with van der Waals surface area (Å²) < 4.78 is 15.8. The third-order valence-electron chi connectivity index (χ3n) is 2.78. The van der Waals surface area contributed by atoms with Crippen molar-refractivity contribution in [1.29, 1.82) is 0 Å². The highest BCUT2D eigenvalue weighted by molar-refractivity contribution is 14.1. The first kappa shape index (κ1) is 14.4. The molecular formula is C13H12BrFINS. The molecule has 0 aliphatic carbocycles. The molecule has 0 aliphatic heterocycles. The molecule has 0 saturated heterocycles. The molecule has 18 heavy (non-hydrogen) atoms. The Hall–Kier alpha value is 0.0200. The van der Waals surface area contributed by atoms with Crippen LogP contribution in [0.2, 0.25) is 0 Å². The Kier molecular flexibility index (Phi) is 5.17. The van der Waals surface area contributed by atoms with Crippen molar-refractivity contribution < 1.29 is 4.39 Å². The second-order valence-corrected chi connectivity index (χ2v) is 7.69. The number of likely N-dealkylation sites (N-methyl/N-ethyl adjacent to an activating group) is 1. The van der Waals surface area contributed by atoms with Crippen LogP contribution in [0.15, 0.2) is 34.1 Å².